The summed E-state index contributed by atoms with van der Waals surface area (Å²) in [4.78, 5) is 14.5. The Bertz CT molecular complexity index is 831. The van der Waals surface area contributed by atoms with Crippen LogP contribution in [0.2, 0.25) is 5.02 Å². The molecule has 0 amide bonds. The normalized spacial score (nSPS) is 10.5. The fourth-order valence-electron chi connectivity index (χ4n) is 1.96. The van der Waals surface area contributed by atoms with Gasteiger partial charge < -0.3 is 4.74 Å². The first kappa shape index (κ1) is 13.3. The first-order chi connectivity index (χ1) is 10.1. The molecule has 0 aliphatic heterocycles. The van der Waals surface area contributed by atoms with E-state index in [9.17, 15) is 10.1 Å². The van der Waals surface area contributed by atoms with Crippen LogP contribution in [0.5, 0.6) is 11.5 Å². The molecule has 0 aliphatic carbocycles. The van der Waals surface area contributed by atoms with Crippen LogP contribution < -0.4 is 4.74 Å². The number of non-ortho nitro benzene ring substituents is 1. The van der Waals surface area contributed by atoms with Gasteiger partial charge in [-0.3, -0.25) is 15.1 Å². The van der Waals surface area contributed by atoms with Gasteiger partial charge in [0.1, 0.15) is 11.3 Å². The Labute approximate surface area is 124 Å². The molecule has 3 aromatic rings. The van der Waals surface area contributed by atoms with E-state index in [1.54, 1.807) is 12.3 Å². The second-order valence-electron chi connectivity index (χ2n) is 4.31. The van der Waals surface area contributed by atoms with Crippen molar-refractivity contribution in [2.75, 3.05) is 0 Å². The van der Waals surface area contributed by atoms with E-state index in [1.165, 1.54) is 18.2 Å². The number of pyridine rings is 1. The summed E-state index contributed by atoms with van der Waals surface area (Å²) in [6.07, 6.45) is 1.67. The molecule has 0 aliphatic rings. The van der Waals surface area contributed by atoms with Gasteiger partial charge in [-0.15, -0.1) is 0 Å². The van der Waals surface area contributed by atoms with Gasteiger partial charge in [0.25, 0.3) is 5.69 Å². The third-order valence-electron chi connectivity index (χ3n) is 2.94. The Balaban J connectivity index is 2.01. The lowest BCUT2D eigenvalue weighted by Crippen LogP contribution is -1.91. The summed E-state index contributed by atoms with van der Waals surface area (Å²) in [6.45, 7) is 0. The van der Waals surface area contributed by atoms with Gasteiger partial charge in [0.15, 0.2) is 5.75 Å². The van der Waals surface area contributed by atoms with E-state index in [1.807, 2.05) is 24.3 Å². The van der Waals surface area contributed by atoms with Crippen LogP contribution in [0.3, 0.4) is 0 Å². The molecule has 1 heterocycles. The molecular formula is C15H9ClN2O3. The van der Waals surface area contributed by atoms with Crippen LogP contribution in [0.4, 0.5) is 5.69 Å². The highest BCUT2D eigenvalue weighted by Crippen LogP contribution is 2.34. The van der Waals surface area contributed by atoms with E-state index in [-0.39, 0.29) is 10.7 Å². The van der Waals surface area contributed by atoms with Gasteiger partial charge in [-0.1, -0.05) is 29.8 Å². The van der Waals surface area contributed by atoms with Crippen LogP contribution in [0.15, 0.2) is 54.7 Å². The number of aromatic nitrogens is 1. The maximum atomic E-state index is 10.7. The molecule has 2 aromatic carbocycles. The van der Waals surface area contributed by atoms with Crippen molar-refractivity contribution in [1.29, 1.82) is 0 Å². The lowest BCUT2D eigenvalue weighted by molar-refractivity contribution is -0.384. The largest absolute Gasteiger partial charge is 0.453 e. The van der Waals surface area contributed by atoms with Crippen molar-refractivity contribution in [2.24, 2.45) is 0 Å². The Morgan fingerprint density at radius 3 is 2.67 bits per heavy atom. The number of hydrogen-bond acceptors (Lipinski definition) is 4. The molecule has 5 nitrogen and oxygen atoms in total. The molecule has 6 heteroatoms. The Hall–Kier alpha value is -2.66. The summed E-state index contributed by atoms with van der Waals surface area (Å²) in [5.41, 5.74) is 0.623. The van der Waals surface area contributed by atoms with Crippen molar-refractivity contribution < 1.29 is 9.66 Å². The summed E-state index contributed by atoms with van der Waals surface area (Å²) in [6, 6.07) is 13.4. The first-order valence-electron chi connectivity index (χ1n) is 6.11. The van der Waals surface area contributed by atoms with E-state index in [0.29, 0.717) is 17.0 Å². The molecule has 3 rings (SSSR count). The minimum atomic E-state index is -0.505. The van der Waals surface area contributed by atoms with Crippen molar-refractivity contribution in [2.45, 2.75) is 0 Å². The molecule has 0 bridgehead atoms. The van der Waals surface area contributed by atoms with Crippen LogP contribution in [-0.4, -0.2) is 9.91 Å². The van der Waals surface area contributed by atoms with E-state index in [4.69, 9.17) is 16.3 Å². The van der Waals surface area contributed by atoms with E-state index >= 15 is 0 Å². The fraction of sp³-hybridized carbons (Fsp3) is 0. The molecule has 0 unspecified atom stereocenters. The standard InChI is InChI=1S/C15H9ClN2O3/c16-12-9-11(18(19)20)6-7-13(12)21-14-5-1-3-10-4-2-8-17-15(10)14/h1-9H. The lowest BCUT2D eigenvalue weighted by atomic mass is 10.2. The average molecular weight is 301 g/mol. The average Bonchev–Trinajstić information content (AvgIpc) is 2.49. The van der Waals surface area contributed by atoms with Gasteiger partial charge in [-0.2, -0.15) is 0 Å². The molecule has 0 N–H and O–H groups in total. The molecule has 0 radical (unpaired) electrons. The number of nitro groups is 1. The number of nitro benzene ring substituents is 1. The van der Waals surface area contributed by atoms with E-state index in [2.05, 4.69) is 4.98 Å². The van der Waals surface area contributed by atoms with Gasteiger partial charge >= 0.3 is 0 Å². The molecule has 21 heavy (non-hydrogen) atoms. The van der Waals surface area contributed by atoms with Gasteiger partial charge in [0, 0.05) is 23.7 Å². The van der Waals surface area contributed by atoms with E-state index < -0.39 is 4.92 Å². The van der Waals surface area contributed by atoms with Crippen molar-refractivity contribution in [1.82, 2.24) is 4.98 Å². The fourth-order valence-corrected chi connectivity index (χ4v) is 2.18. The number of nitrogens with zero attached hydrogens (tertiary/aromatic N) is 2. The second kappa shape index (κ2) is 5.38. The number of benzene rings is 2. The SMILES string of the molecule is O=[N+]([O-])c1ccc(Oc2cccc3cccnc23)c(Cl)c1. The van der Waals surface area contributed by atoms with Crippen LogP contribution in [-0.2, 0) is 0 Å². The van der Waals surface area contributed by atoms with Crippen molar-refractivity contribution in [3.63, 3.8) is 0 Å². The molecule has 0 spiro atoms. The Morgan fingerprint density at radius 2 is 1.90 bits per heavy atom. The van der Waals surface area contributed by atoms with Crippen LogP contribution in [0.25, 0.3) is 10.9 Å². The summed E-state index contributed by atoms with van der Waals surface area (Å²) in [5.74, 6) is 0.893. The zero-order valence-corrected chi connectivity index (χ0v) is 11.4. The number of hydrogen-bond donors (Lipinski definition) is 0. The number of halogens is 1. The number of fused-ring (bicyclic) bond motifs is 1. The minimum Gasteiger partial charge on any atom is -0.453 e. The topological polar surface area (TPSA) is 65.3 Å². The predicted octanol–water partition coefficient (Wildman–Crippen LogP) is 4.59. The van der Waals surface area contributed by atoms with E-state index in [0.717, 1.165) is 5.39 Å². The molecule has 104 valence electrons. The summed E-state index contributed by atoms with van der Waals surface area (Å²) < 4.78 is 5.74. The zero-order chi connectivity index (χ0) is 14.8. The number of rotatable bonds is 3. The molecule has 0 fully saturated rings. The van der Waals surface area contributed by atoms with Crippen molar-refractivity contribution >= 4 is 28.2 Å². The van der Waals surface area contributed by atoms with Gasteiger partial charge in [-0.05, 0) is 18.2 Å². The molecule has 0 atom stereocenters. The van der Waals surface area contributed by atoms with Crippen LogP contribution in [0.1, 0.15) is 0 Å². The number of ether oxygens (including phenoxy) is 1. The van der Waals surface area contributed by atoms with Crippen LogP contribution >= 0.6 is 11.6 Å². The third-order valence-corrected chi connectivity index (χ3v) is 3.24. The summed E-state index contributed by atoms with van der Waals surface area (Å²) in [7, 11) is 0. The molecular weight excluding hydrogens is 292 g/mol. The summed E-state index contributed by atoms with van der Waals surface area (Å²) >= 11 is 6.02. The van der Waals surface area contributed by atoms with Crippen molar-refractivity contribution in [3.05, 3.63) is 69.9 Å². The van der Waals surface area contributed by atoms with Crippen molar-refractivity contribution in [3.8, 4) is 11.5 Å². The zero-order valence-electron chi connectivity index (χ0n) is 10.7. The molecule has 0 saturated heterocycles. The Morgan fingerprint density at radius 1 is 1.10 bits per heavy atom. The quantitative estimate of drug-likeness (QED) is 0.524. The highest BCUT2D eigenvalue weighted by molar-refractivity contribution is 6.32. The highest BCUT2D eigenvalue weighted by Gasteiger charge is 2.12. The van der Waals surface area contributed by atoms with Gasteiger partial charge in [0.05, 0.1) is 9.95 Å². The molecule has 0 saturated carbocycles. The minimum absolute atomic E-state index is 0.0802. The summed E-state index contributed by atoms with van der Waals surface area (Å²) in [5, 5.41) is 11.8. The Kier molecular flexibility index (Phi) is 3.41. The monoisotopic (exact) mass is 300 g/mol. The maximum Gasteiger partial charge on any atom is 0.271 e. The molecule has 1 aromatic heterocycles. The number of para-hydroxylation sites is 1. The van der Waals surface area contributed by atoms with Crippen LogP contribution in [0, 0.1) is 10.1 Å². The second-order valence-corrected chi connectivity index (χ2v) is 4.71. The predicted molar refractivity (Wildman–Crippen MR) is 79.9 cm³/mol. The maximum absolute atomic E-state index is 10.7. The smallest absolute Gasteiger partial charge is 0.271 e. The first-order valence-corrected chi connectivity index (χ1v) is 6.48. The third kappa shape index (κ3) is 2.64. The highest BCUT2D eigenvalue weighted by atomic mass is 35.5. The lowest BCUT2D eigenvalue weighted by Gasteiger charge is -2.09. The van der Waals surface area contributed by atoms with Gasteiger partial charge in [0.2, 0.25) is 0 Å². The van der Waals surface area contributed by atoms with Gasteiger partial charge in [-0.25, -0.2) is 0 Å².